The van der Waals surface area contributed by atoms with Crippen LogP contribution in [0.4, 0.5) is 0 Å². The van der Waals surface area contributed by atoms with Gasteiger partial charge in [0, 0.05) is 29.5 Å². The van der Waals surface area contributed by atoms with Crippen molar-refractivity contribution < 1.29 is 4.74 Å². The Morgan fingerprint density at radius 3 is 2.56 bits per heavy atom. The molecule has 3 aliphatic rings. The van der Waals surface area contributed by atoms with E-state index in [-0.39, 0.29) is 6.10 Å². The van der Waals surface area contributed by atoms with Gasteiger partial charge in [-0.2, -0.15) is 0 Å². The molecular formula is C22H26N2O. The van der Waals surface area contributed by atoms with Crippen molar-refractivity contribution in [2.45, 2.75) is 62.8 Å². The molecule has 3 heteroatoms. The van der Waals surface area contributed by atoms with Crippen LogP contribution in [0.3, 0.4) is 0 Å². The van der Waals surface area contributed by atoms with E-state index >= 15 is 0 Å². The maximum atomic E-state index is 6.83. The minimum absolute atomic E-state index is 0.0372. The smallest absolute Gasteiger partial charge is 0.110 e. The average Bonchev–Trinajstić information content (AvgIpc) is 2.82. The van der Waals surface area contributed by atoms with Crippen molar-refractivity contribution in [3.63, 3.8) is 0 Å². The molecule has 3 atom stereocenters. The van der Waals surface area contributed by atoms with Crippen LogP contribution in [-0.4, -0.2) is 35.1 Å². The Labute approximate surface area is 150 Å². The number of nitrogens with zero attached hydrogens (tertiary/aromatic N) is 2. The molecule has 2 saturated heterocycles. The molecule has 2 fully saturated rings. The first-order valence-electron chi connectivity index (χ1n) is 9.68. The number of rotatable bonds is 2. The standard InChI is InChI=1S/C22H26N2O/c1-24-16-9-10-17(24)14-18(13-16)25-22-19-6-3-2-5-15(19)8-11-21-20(22)7-4-12-23-21/h2-7,12,16-18,22H,8-11,13-14H2,1H3. The van der Waals surface area contributed by atoms with Gasteiger partial charge in [-0.25, -0.2) is 0 Å². The molecule has 0 amide bonds. The largest absolute Gasteiger partial charge is 0.365 e. The number of fused-ring (bicyclic) bond motifs is 4. The third-order valence-corrected chi connectivity index (χ3v) is 6.56. The summed E-state index contributed by atoms with van der Waals surface area (Å²) < 4.78 is 6.83. The summed E-state index contributed by atoms with van der Waals surface area (Å²) in [6, 6.07) is 14.5. The van der Waals surface area contributed by atoms with Gasteiger partial charge in [0.05, 0.1) is 6.10 Å². The Morgan fingerprint density at radius 1 is 0.960 bits per heavy atom. The van der Waals surface area contributed by atoms with Crippen LogP contribution in [0, 0.1) is 0 Å². The van der Waals surface area contributed by atoms with E-state index in [0.717, 1.165) is 12.8 Å². The molecule has 25 heavy (non-hydrogen) atoms. The van der Waals surface area contributed by atoms with Crippen molar-refractivity contribution in [2.75, 3.05) is 7.05 Å². The number of hydrogen-bond donors (Lipinski definition) is 0. The number of ether oxygens (including phenoxy) is 1. The van der Waals surface area contributed by atoms with E-state index in [2.05, 4.69) is 53.3 Å². The number of hydrogen-bond acceptors (Lipinski definition) is 3. The number of benzene rings is 1. The minimum Gasteiger partial charge on any atom is -0.365 e. The molecule has 1 aliphatic carbocycles. The van der Waals surface area contributed by atoms with Crippen LogP contribution >= 0.6 is 0 Å². The lowest BCUT2D eigenvalue weighted by atomic mass is 9.96. The van der Waals surface area contributed by atoms with Gasteiger partial charge in [-0.15, -0.1) is 0 Å². The molecule has 2 aliphatic heterocycles. The summed E-state index contributed by atoms with van der Waals surface area (Å²) in [5, 5.41) is 0. The zero-order chi connectivity index (χ0) is 16.8. The van der Waals surface area contributed by atoms with Crippen molar-refractivity contribution in [3.05, 3.63) is 65.0 Å². The van der Waals surface area contributed by atoms with Gasteiger partial charge in [0.15, 0.2) is 0 Å². The molecule has 130 valence electrons. The molecule has 1 aromatic heterocycles. The highest BCUT2D eigenvalue weighted by atomic mass is 16.5. The van der Waals surface area contributed by atoms with Gasteiger partial charge in [-0.05, 0) is 62.8 Å². The van der Waals surface area contributed by atoms with Crippen molar-refractivity contribution >= 4 is 0 Å². The van der Waals surface area contributed by atoms with Gasteiger partial charge >= 0.3 is 0 Å². The molecule has 2 aromatic rings. The molecule has 1 aromatic carbocycles. The Bertz CT molecular complexity index is 713. The second-order valence-electron chi connectivity index (χ2n) is 7.90. The van der Waals surface area contributed by atoms with Crippen molar-refractivity contribution in [1.29, 1.82) is 0 Å². The average molecular weight is 334 g/mol. The fourth-order valence-corrected chi connectivity index (χ4v) is 5.15. The SMILES string of the molecule is CN1C2CCC1CC(OC1c3ccccc3CCc3ncccc31)C2. The van der Waals surface area contributed by atoms with Crippen LogP contribution in [0.5, 0.6) is 0 Å². The van der Waals surface area contributed by atoms with Crippen LogP contribution in [-0.2, 0) is 17.6 Å². The van der Waals surface area contributed by atoms with Crippen LogP contribution < -0.4 is 0 Å². The van der Waals surface area contributed by atoms with Gasteiger partial charge in [-0.3, -0.25) is 4.98 Å². The van der Waals surface area contributed by atoms with Gasteiger partial charge in [0.2, 0.25) is 0 Å². The predicted molar refractivity (Wildman–Crippen MR) is 98.6 cm³/mol. The highest BCUT2D eigenvalue weighted by Gasteiger charge is 2.40. The Hall–Kier alpha value is -1.71. The maximum Gasteiger partial charge on any atom is 0.110 e. The summed E-state index contributed by atoms with van der Waals surface area (Å²) in [6.07, 6.45) is 9.38. The second kappa shape index (κ2) is 6.22. The number of pyridine rings is 1. The minimum atomic E-state index is 0.0372. The molecule has 5 rings (SSSR count). The summed E-state index contributed by atoms with van der Waals surface area (Å²) in [7, 11) is 2.29. The van der Waals surface area contributed by atoms with Crippen LogP contribution in [0.15, 0.2) is 42.6 Å². The number of aromatic nitrogens is 1. The lowest BCUT2D eigenvalue weighted by molar-refractivity contribution is -0.0429. The van der Waals surface area contributed by atoms with E-state index in [1.54, 1.807) is 0 Å². The quantitative estimate of drug-likeness (QED) is 0.832. The normalized spacial score (nSPS) is 31.2. The van der Waals surface area contributed by atoms with Gasteiger partial charge in [-0.1, -0.05) is 30.3 Å². The molecule has 3 nitrogen and oxygen atoms in total. The maximum absolute atomic E-state index is 6.83. The monoisotopic (exact) mass is 334 g/mol. The summed E-state index contributed by atoms with van der Waals surface area (Å²) in [4.78, 5) is 7.25. The zero-order valence-electron chi connectivity index (χ0n) is 14.9. The fourth-order valence-electron chi connectivity index (χ4n) is 5.15. The van der Waals surface area contributed by atoms with Crippen molar-refractivity contribution in [2.24, 2.45) is 0 Å². The Kier molecular flexibility index (Phi) is 3.87. The third kappa shape index (κ3) is 2.70. The number of aryl methyl sites for hydroxylation is 2. The predicted octanol–water partition coefficient (Wildman–Crippen LogP) is 3.91. The molecule has 2 bridgehead atoms. The van der Waals surface area contributed by atoms with Crippen molar-refractivity contribution in [3.8, 4) is 0 Å². The van der Waals surface area contributed by atoms with Crippen LogP contribution in [0.1, 0.15) is 54.2 Å². The first-order valence-corrected chi connectivity index (χ1v) is 9.68. The first-order chi connectivity index (χ1) is 12.3. The van der Waals surface area contributed by atoms with Gasteiger partial charge < -0.3 is 9.64 Å². The molecule has 0 spiro atoms. The van der Waals surface area contributed by atoms with E-state index in [1.165, 1.54) is 48.1 Å². The highest BCUT2D eigenvalue weighted by Crippen LogP contribution is 2.40. The first kappa shape index (κ1) is 15.5. The topological polar surface area (TPSA) is 25.4 Å². The Balaban J connectivity index is 1.50. The molecule has 3 unspecified atom stereocenters. The fraction of sp³-hybridized carbons (Fsp3) is 0.500. The lowest BCUT2D eigenvalue weighted by Gasteiger charge is -2.38. The molecular weight excluding hydrogens is 308 g/mol. The highest BCUT2D eigenvalue weighted by molar-refractivity contribution is 5.41. The van der Waals surface area contributed by atoms with E-state index in [1.807, 2.05) is 6.20 Å². The zero-order valence-corrected chi connectivity index (χ0v) is 14.9. The molecule has 3 heterocycles. The van der Waals surface area contributed by atoms with Crippen LogP contribution in [0.25, 0.3) is 0 Å². The third-order valence-electron chi connectivity index (χ3n) is 6.56. The summed E-state index contributed by atoms with van der Waals surface area (Å²) in [5.41, 5.74) is 5.25. The van der Waals surface area contributed by atoms with E-state index in [4.69, 9.17) is 4.74 Å². The molecule has 0 saturated carbocycles. The van der Waals surface area contributed by atoms with Gasteiger partial charge in [0.1, 0.15) is 6.10 Å². The van der Waals surface area contributed by atoms with E-state index < -0.39 is 0 Å². The lowest BCUT2D eigenvalue weighted by Crippen LogP contribution is -2.43. The second-order valence-corrected chi connectivity index (χ2v) is 7.90. The summed E-state index contributed by atoms with van der Waals surface area (Å²) in [5.74, 6) is 0. The van der Waals surface area contributed by atoms with Gasteiger partial charge in [0.25, 0.3) is 0 Å². The number of piperidine rings is 1. The molecule has 0 N–H and O–H groups in total. The Morgan fingerprint density at radius 2 is 1.72 bits per heavy atom. The van der Waals surface area contributed by atoms with E-state index in [9.17, 15) is 0 Å². The summed E-state index contributed by atoms with van der Waals surface area (Å²) >= 11 is 0. The summed E-state index contributed by atoms with van der Waals surface area (Å²) in [6.45, 7) is 0. The van der Waals surface area contributed by atoms with E-state index in [0.29, 0.717) is 18.2 Å². The molecule has 0 radical (unpaired) electrons. The van der Waals surface area contributed by atoms with Crippen LogP contribution in [0.2, 0.25) is 0 Å². The van der Waals surface area contributed by atoms with Crippen molar-refractivity contribution in [1.82, 2.24) is 9.88 Å².